The summed E-state index contributed by atoms with van der Waals surface area (Å²) in [5.41, 5.74) is 2.71. The average molecular weight is 219 g/mol. The van der Waals surface area contributed by atoms with Crippen LogP contribution in [0.15, 0.2) is 18.3 Å². The third kappa shape index (κ3) is 2.62. The Morgan fingerprint density at radius 3 is 3.25 bits per heavy atom. The number of aryl methyl sites for hydroxylation is 1. The second kappa shape index (κ2) is 5.44. The van der Waals surface area contributed by atoms with Crippen molar-refractivity contribution in [3.8, 4) is 0 Å². The third-order valence-corrected chi connectivity index (χ3v) is 3.63. The summed E-state index contributed by atoms with van der Waals surface area (Å²) in [7, 11) is 0. The van der Waals surface area contributed by atoms with Crippen molar-refractivity contribution in [2.75, 3.05) is 0 Å². The van der Waals surface area contributed by atoms with Crippen LogP contribution in [-0.4, -0.2) is 16.2 Å². The highest BCUT2D eigenvalue weighted by Crippen LogP contribution is 2.33. The van der Waals surface area contributed by atoms with Crippen LogP contribution in [0.25, 0.3) is 0 Å². The number of aromatic nitrogens is 1. The average Bonchev–Trinajstić information content (AvgIpc) is 2.35. The van der Waals surface area contributed by atoms with Crippen molar-refractivity contribution in [3.05, 3.63) is 29.6 Å². The third-order valence-electron chi connectivity index (χ3n) is 3.63. The number of fused-ring (bicyclic) bond motifs is 1. The summed E-state index contributed by atoms with van der Waals surface area (Å²) in [6.45, 7) is 2.04. The summed E-state index contributed by atoms with van der Waals surface area (Å²) in [5, 5.41) is 9.62. The molecule has 0 fully saturated rings. The van der Waals surface area contributed by atoms with Gasteiger partial charge in [0.05, 0.1) is 6.10 Å². The van der Waals surface area contributed by atoms with Crippen LogP contribution in [0.1, 0.15) is 56.2 Å². The van der Waals surface area contributed by atoms with E-state index in [1.165, 1.54) is 30.5 Å². The zero-order valence-corrected chi connectivity index (χ0v) is 10.0. The van der Waals surface area contributed by atoms with Crippen LogP contribution in [0.4, 0.5) is 0 Å². The Morgan fingerprint density at radius 2 is 2.44 bits per heavy atom. The summed E-state index contributed by atoms with van der Waals surface area (Å²) < 4.78 is 0. The summed E-state index contributed by atoms with van der Waals surface area (Å²) in [5.74, 6) is 0.575. The van der Waals surface area contributed by atoms with Gasteiger partial charge in [0.25, 0.3) is 0 Å². The first-order chi connectivity index (χ1) is 7.81. The molecule has 0 saturated carbocycles. The van der Waals surface area contributed by atoms with Crippen LogP contribution in [0.5, 0.6) is 0 Å². The fourth-order valence-electron chi connectivity index (χ4n) is 2.58. The van der Waals surface area contributed by atoms with Crippen molar-refractivity contribution in [3.63, 3.8) is 0 Å². The van der Waals surface area contributed by atoms with Crippen LogP contribution in [-0.2, 0) is 6.42 Å². The molecule has 1 heterocycles. The fraction of sp³-hybridized carbons (Fsp3) is 0.643. The molecule has 0 spiro atoms. The Kier molecular flexibility index (Phi) is 3.94. The second-order valence-corrected chi connectivity index (χ2v) is 4.78. The van der Waals surface area contributed by atoms with Gasteiger partial charge in [-0.15, -0.1) is 0 Å². The van der Waals surface area contributed by atoms with Crippen molar-refractivity contribution in [2.45, 2.75) is 57.5 Å². The van der Waals surface area contributed by atoms with Gasteiger partial charge in [-0.2, -0.15) is 0 Å². The van der Waals surface area contributed by atoms with Crippen LogP contribution in [0.3, 0.4) is 0 Å². The first-order valence-corrected chi connectivity index (χ1v) is 6.43. The first-order valence-electron chi connectivity index (χ1n) is 6.43. The van der Waals surface area contributed by atoms with E-state index in [1.54, 1.807) is 0 Å². The van der Waals surface area contributed by atoms with Gasteiger partial charge in [0.2, 0.25) is 0 Å². The van der Waals surface area contributed by atoms with E-state index in [-0.39, 0.29) is 6.10 Å². The molecule has 2 heteroatoms. The van der Waals surface area contributed by atoms with Gasteiger partial charge < -0.3 is 5.11 Å². The van der Waals surface area contributed by atoms with Crippen molar-refractivity contribution in [1.82, 2.24) is 4.98 Å². The van der Waals surface area contributed by atoms with Crippen molar-refractivity contribution < 1.29 is 5.11 Å². The van der Waals surface area contributed by atoms with Crippen LogP contribution in [0.2, 0.25) is 0 Å². The Labute approximate surface area is 97.7 Å². The minimum atomic E-state index is -0.130. The van der Waals surface area contributed by atoms with E-state index in [1.807, 2.05) is 19.2 Å². The van der Waals surface area contributed by atoms with Gasteiger partial charge in [-0.1, -0.05) is 13.0 Å². The molecule has 88 valence electrons. The van der Waals surface area contributed by atoms with E-state index < -0.39 is 0 Å². The summed E-state index contributed by atoms with van der Waals surface area (Å²) in [6.07, 6.45) is 8.31. The molecule has 1 aliphatic rings. The molecule has 1 aromatic heterocycles. The maximum atomic E-state index is 9.62. The van der Waals surface area contributed by atoms with Crippen LogP contribution >= 0.6 is 0 Å². The van der Waals surface area contributed by atoms with E-state index in [0.717, 1.165) is 19.3 Å². The van der Waals surface area contributed by atoms with Crippen molar-refractivity contribution in [2.24, 2.45) is 0 Å². The predicted octanol–water partition coefficient (Wildman–Crippen LogP) is 3.05. The van der Waals surface area contributed by atoms with Crippen LogP contribution in [0, 0.1) is 0 Å². The van der Waals surface area contributed by atoms with Crippen molar-refractivity contribution in [1.29, 1.82) is 0 Å². The standard InChI is InChI=1S/C14H21NO/c1-2-13(16)9-8-12-6-3-5-11-7-4-10-15-14(11)12/h4,7,10,12-13,16H,2-3,5-6,8-9H2,1H3. The molecule has 1 aliphatic carbocycles. The molecule has 0 aliphatic heterocycles. The van der Waals surface area contributed by atoms with Gasteiger partial charge in [-0.3, -0.25) is 4.98 Å². The largest absolute Gasteiger partial charge is 0.393 e. The Balaban J connectivity index is 2.01. The number of hydrogen-bond donors (Lipinski definition) is 1. The van der Waals surface area contributed by atoms with E-state index in [2.05, 4.69) is 11.1 Å². The normalized spacial score (nSPS) is 21.5. The molecule has 1 aromatic rings. The van der Waals surface area contributed by atoms with Gasteiger partial charge in [0.1, 0.15) is 0 Å². The first kappa shape index (κ1) is 11.6. The molecule has 2 atom stereocenters. The maximum Gasteiger partial charge on any atom is 0.0537 e. The Hall–Kier alpha value is -0.890. The lowest BCUT2D eigenvalue weighted by atomic mass is 9.83. The molecule has 0 bridgehead atoms. The number of pyridine rings is 1. The highest BCUT2D eigenvalue weighted by atomic mass is 16.3. The number of aliphatic hydroxyl groups excluding tert-OH is 1. The highest BCUT2D eigenvalue weighted by molar-refractivity contribution is 5.25. The lowest BCUT2D eigenvalue weighted by molar-refractivity contribution is 0.153. The van der Waals surface area contributed by atoms with Gasteiger partial charge in [0.15, 0.2) is 0 Å². The number of nitrogens with zero attached hydrogens (tertiary/aromatic N) is 1. The topological polar surface area (TPSA) is 33.1 Å². The predicted molar refractivity (Wildman–Crippen MR) is 65.4 cm³/mol. The van der Waals surface area contributed by atoms with E-state index in [4.69, 9.17) is 0 Å². The quantitative estimate of drug-likeness (QED) is 0.844. The number of aliphatic hydroxyl groups is 1. The molecular weight excluding hydrogens is 198 g/mol. The fourth-order valence-corrected chi connectivity index (χ4v) is 2.58. The zero-order valence-electron chi connectivity index (χ0n) is 10.0. The summed E-state index contributed by atoms with van der Waals surface area (Å²) in [6, 6.07) is 4.23. The van der Waals surface area contributed by atoms with Gasteiger partial charge in [0, 0.05) is 17.8 Å². The monoisotopic (exact) mass is 219 g/mol. The molecule has 0 radical (unpaired) electrons. The molecule has 2 unspecified atom stereocenters. The lowest BCUT2D eigenvalue weighted by Crippen LogP contribution is -2.14. The van der Waals surface area contributed by atoms with Gasteiger partial charge in [-0.05, 0) is 50.2 Å². The molecule has 0 saturated heterocycles. The van der Waals surface area contributed by atoms with Crippen molar-refractivity contribution >= 4 is 0 Å². The minimum Gasteiger partial charge on any atom is -0.393 e. The SMILES string of the molecule is CCC(O)CCC1CCCc2cccnc21. The lowest BCUT2D eigenvalue weighted by Gasteiger charge is -2.24. The molecule has 0 aromatic carbocycles. The van der Waals surface area contributed by atoms with Gasteiger partial charge in [-0.25, -0.2) is 0 Å². The van der Waals surface area contributed by atoms with E-state index in [9.17, 15) is 5.11 Å². The highest BCUT2D eigenvalue weighted by Gasteiger charge is 2.21. The number of hydrogen-bond acceptors (Lipinski definition) is 2. The molecular formula is C14H21NO. The molecule has 16 heavy (non-hydrogen) atoms. The molecule has 2 nitrogen and oxygen atoms in total. The van der Waals surface area contributed by atoms with E-state index in [0.29, 0.717) is 5.92 Å². The molecule has 2 rings (SSSR count). The smallest absolute Gasteiger partial charge is 0.0537 e. The molecule has 1 N–H and O–H groups in total. The van der Waals surface area contributed by atoms with E-state index >= 15 is 0 Å². The zero-order chi connectivity index (χ0) is 11.4. The number of rotatable bonds is 4. The second-order valence-electron chi connectivity index (χ2n) is 4.78. The Morgan fingerprint density at radius 1 is 1.56 bits per heavy atom. The minimum absolute atomic E-state index is 0.130. The van der Waals surface area contributed by atoms with Gasteiger partial charge >= 0.3 is 0 Å². The molecule has 0 amide bonds. The summed E-state index contributed by atoms with van der Waals surface area (Å²) >= 11 is 0. The maximum absolute atomic E-state index is 9.62. The summed E-state index contributed by atoms with van der Waals surface area (Å²) in [4.78, 5) is 4.52. The Bertz CT molecular complexity index is 337. The van der Waals surface area contributed by atoms with Crippen LogP contribution < -0.4 is 0 Å².